The number of phenols is 1. The highest BCUT2D eigenvalue weighted by atomic mass is 127. The number of non-ortho nitro benzene ring substituents is 1. The van der Waals surface area contributed by atoms with Crippen LogP contribution >= 0.6 is 34.4 Å². The largest absolute Gasteiger partial charge is 0.504 e. The van der Waals surface area contributed by atoms with Crippen LogP contribution in [0.2, 0.25) is 0 Å². The Bertz CT molecular complexity index is 1020. The van der Waals surface area contributed by atoms with Gasteiger partial charge in [-0.05, 0) is 70.6 Å². The number of nitro benzene ring substituents is 1. The molecule has 0 unspecified atom stereocenters. The zero-order valence-electron chi connectivity index (χ0n) is 15.1. The number of benzene rings is 2. The molecule has 0 bridgehead atoms. The minimum atomic E-state index is -0.512. The van der Waals surface area contributed by atoms with E-state index in [9.17, 15) is 24.8 Å². The van der Waals surface area contributed by atoms with Gasteiger partial charge >= 0.3 is 0 Å². The Hall–Kier alpha value is -2.60. The number of amides is 2. The summed E-state index contributed by atoms with van der Waals surface area (Å²) in [5, 5.41) is 20.4. The van der Waals surface area contributed by atoms with Crippen LogP contribution < -0.4 is 4.74 Å². The van der Waals surface area contributed by atoms with Gasteiger partial charge in [-0.3, -0.25) is 24.6 Å². The minimum absolute atomic E-state index is 0.0240. The highest BCUT2D eigenvalue weighted by Crippen LogP contribution is 2.37. The SMILES string of the molecule is CCOc1cc(/C=C2/SC(=O)N(Cc3ccc([N+](=O)[O-])cc3)C2=O)cc(I)c1O. The van der Waals surface area contributed by atoms with Crippen molar-refractivity contribution in [1.82, 2.24) is 4.90 Å². The predicted molar refractivity (Wildman–Crippen MR) is 117 cm³/mol. The third-order valence-electron chi connectivity index (χ3n) is 4.01. The number of phenolic OH excluding ortho intramolecular Hbond substituents is 1. The van der Waals surface area contributed by atoms with Gasteiger partial charge in [-0.1, -0.05) is 12.1 Å². The normalized spacial score (nSPS) is 15.2. The molecule has 2 amide bonds. The number of aromatic hydroxyl groups is 1. The molecule has 150 valence electrons. The zero-order chi connectivity index (χ0) is 21.1. The summed E-state index contributed by atoms with van der Waals surface area (Å²) in [6.07, 6.45) is 1.57. The lowest BCUT2D eigenvalue weighted by Gasteiger charge is -2.12. The van der Waals surface area contributed by atoms with Gasteiger partial charge < -0.3 is 9.84 Å². The van der Waals surface area contributed by atoms with Gasteiger partial charge in [0, 0.05) is 12.1 Å². The molecule has 0 spiro atoms. The number of nitro groups is 1. The molecule has 1 fully saturated rings. The minimum Gasteiger partial charge on any atom is -0.504 e. The lowest BCUT2D eigenvalue weighted by molar-refractivity contribution is -0.384. The number of ether oxygens (including phenoxy) is 1. The first-order chi connectivity index (χ1) is 13.8. The van der Waals surface area contributed by atoms with Gasteiger partial charge in [0.25, 0.3) is 16.8 Å². The van der Waals surface area contributed by atoms with E-state index in [2.05, 4.69) is 0 Å². The molecule has 1 aliphatic heterocycles. The molecule has 1 aliphatic rings. The second-order valence-corrected chi connectivity index (χ2v) is 8.13. The van der Waals surface area contributed by atoms with Crippen molar-refractivity contribution in [1.29, 1.82) is 0 Å². The van der Waals surface area contributed by atoms with E-state index in [0.29, 0.717) is 27.1 Å². The van der Waals surface area contributed by atoms with Crippen molar-refractivity contribution in [3.63, 3.8) is 0 Å². The Labute approximate surface area is 183 Å². The number of imide groups is 1. The number of hydrogen-bond acceptors (Lipinski definition) is 7. The topological polar surface area (TPSA) is 110 Å². The summed E-state index contributed by atoms with van der Waals surface area (Å²) < 4.78 is 5.96. The summed E-state index contributed by atoms with van der Waals surface area (Å²) in [5.74, 6) is -0.119. The van der Waals surface area contributed by atoms with Crippen LogP contribution in [0, 0.1) is 13.7 Å². The van der Waals surface area contributed by atoms with E-state index in [1.165, 1.54) is 24.3 Å². The summed E-state index contributed by atoms with van der Waals surface area (Å²) >= 11 is 2.78. The van der Waals surface area contributed by atoms with Crippen molar-refractivity contribution in [2.45, 2.75) is 13.5 Å². The molecule has 2 aromatic carbocycles. The van der Waals surface area contributed by atoms with Gasteiger partial charge in [0.2, 0.25) is 0 Å². The maximum Gasteiger partial charge on any atom is 0.293 e. The van der Waals surface area contributed by atoms with Crippen LogP contribution in [-0.4, -0.2) is 32.7 Å². The molecule has 0 aromatic heterocycles. The number of thioether (sulfide) groups is 1. The number of halogens is 1. The van der Waals surface area contributed by atoms with Crippen molar-refractivity contribution in [3.8, 4) is 11.5 Å². The van der Waals surface area contributed by atoms with E-state index >= 15 is 0 Å². The summed E-state index contributed by atoms with van der Waals surface area (Å²) in [6.45, 7) is 2.19. The van der Waals surface area contributed by atoms with E-state index < -0.39 is 16.1 Å². The van der Waals surface area contributed by atoms with E-state index in [-0.39, 0.29) is 22.9 Å². The average Bonchev–Trinajstić information content (AvgIpc) is 2.93. The van der Waals surface area contributed by atoms with E-state index in [4.69, 9.17) is 4.74 Å². The number of carbonyl (C=O) groups is 2. The first-order valence-electron chi connectivity index (χ1n) is 8.44. The molecule has 0 saturated carbocycles. The zero-order valence-corrected chi connectivity index (χ0v) is 18.1. The number of rotatable bonds is 6. The number of carbonyl (C=O) groups excluding carboxylic acids is 2. The average molecular weight is 526 g/mol. The molecule has 0 aliphatic carbocycles. The predicted octanol–water partition coefficient (Wildman–Crippen LogP) is 4.54. The molecular weight excluding hydrogens is 511 g/mol. The van der Waals surface area contributed by atoms with E-state index in [1.807, 2.05) is 22.6 Å². The van der Waals surface area contributed by atoms with E-state index in [1.54, 1.807) is 25.1 Å². The lowest BCUT2D eigenvalue weighted by atomic mass is 10.1. The fraction of sp³-hybridized carbons (Fsp3) is 0.158. The third kappa shape index (κ3) is 4.70. The van der Waals surface area contributed by atoms with Crippen molar-refractivity contribution in [3.05, 3.63) is 66.1 Å². The Kier molecular flexibility index (Phi) is 6.42. The van der Waals surface area contributed by atoms with Crippen LogP contribution in [0.4, 0.5) is 10.5 Å². The van der Waals surface area contributed by atoms with Crippen LogP contribution in [0.1, 0.15) is 18.1 Å². The third-order valence-corrected chi connectivity index (χ3v) is 5.74. The van der Waals surface area contributed by atoms with Gasteiger partial charge in [0.1, 0.15) is 0 Å². The second kappa shape index (κ2) is 8.82. The molecule has 0 atom stereocenters. The molecular formula is C19H15IN2O6S. The monoisotopic (exact) mass is 526 g/mol. The van der Waals surface area contributed by atoms with Gasteiger partial charge in [-0.15, -0.1) is 0 Å². The molecule has 8 nitrogen and oxygen atoms in total. The first kappa shape index (κ1) is 21.1. The van der Waals surface area contributed by atoms with Crippen molar-refractivity contribution < 1.29 is 24.4 Å². The summed E-state index contributed by atoms with van der Waals surface area (Å²) in [4.78, 5) is 36.6. The molecule has 1 heterocycles. The van der Waals surface area contributed by atoms with Crippen LogP contribution in [0.15, 0.2) is 41.3 Å². The summed E-state index contributed by atoms with van der Waals surface area (Å²) in [5.41, 5.74) is 1.17. The van der Waals surface area contributed by atoms with Gasteiger partial charge in [0.05, 0.1) is 26.6 Å². The highest BCUT2D eigenvalue weighted by Gasteiger charge is 2.35. The summed E-state index contributed by atoms with van der Waals surface area (Å²) in [6, 6.07) is 8.98. The van der Waals surface area contributed by atoms with Gasteiger partial charge in [0.15, 0.2) is 11.5 Å². The smallest absolute Gasteiger partial charge is 0.293 e. The molecule has 1 N–H and O–H groups in total. The molecule has 0 radical (unpaired) electrons. The molecule has 3 rings (SSSR count). The highest BCUT2D eigenvalue weighted by molar-refractivity contribution is 14.1. The Morgan fingerprint density at radius 1 is 1.28 bits per heavy atom. The lowest BCUT2D eigenvalue weighted by Crippen LogP contribution is -2.27. The van der Waals surface area contributed by atoms with Crippen LogP contribution in [0.3, 0.4) is 0 Å². The van der Waals surface area contributed by atoms with Crippen molar-refractivity contribution in [2.24, 2.45) is 0 Å². The first-order valence-corrected chi connectivity index (χ1v) is 10.3. The number of hydrogen-bond donors (Lipinski definition) is 1. The molecule has 2 aromatic rings. The Morgan fingerprint density at radius 2 is 1.97 bits per heavy atom. The fourth-order valence-corrected chi connectivity index (χ4v) is 4.10. The van der Waals surface area contributed by atoms with Crippen molar-refractivity contribution in [2.75, 3.05) is 6.61 Å². The second-order valence-electron chi connectivity index (χ2n) is 5.97. The molecule has 1 saturated heterocycles. The maximum absolute atomic E-state index is 12.7. The van der Waals surface area contributed by atoms with E-state index in [0.717, 1.165) is 16.7 Å². The van der Waals surface area contributed by atoms with Gasteiger partial charge in [-0.2, -0.15) is 0 Å². The molecule has 29 heavy (non-hydrogen) atoms. The number of nitrogens with zero attached hydrogens (tertiary/aromatic N) is 2. The van der Waals surface area contributed by atoms with Crippen LogP contribution in [0.25, 0.3) is 6.08 Å². The fourth-order valence-electron chi connectivity index (χ4n) is 2.64. The quantitative estimate of drug-likeness (QED) is 0.255. The summed E-state index contributed by atoms with van der Waals surface area (Å²) in [7, 11) is 0. The van der Waals surface area contributed by atoms with Gasteiger partial charge in [-0.25, -0.2) is 0 Å². The standard InChI is InChI=1S/C19H15IN2O6S/c1-2-28-15-8-12(7-14(20)17(15)23)9-16-18(24)21(19(25)29-16)10-11-3-5-13(6-4-11)22(26)27/h3-9,23H,2,10H2,1H3/b16-9+. The van der Waals surface area contributed by atoms with Crippen molar-refractivity contribution >= 4 is 57.3 Å². The van der Waals surface area contributed by atoms with Crippen LogP contribution in [-0.2, 0) is 11.3 Å². The Morgan fingerprint density at radius 3 is 2.59 bits per heavy atom. The van der Waals surface area contributed by atoms with Crippen LogP contribution in [0.5, 0.6) is 11.5 Å². The molecule has 10 heteroatoms. The maximum atomic E-state index is 12.7. The Balaban J connectivity index is 1.82.